The predicted molar refractivity (Wildman–Crippen MR) is 58.5 cm³/mol. The second-order valence-electron chi connectivity index (χ2n) is 3.14. The Bertz CT molecular complexity index is 369. The van der Waals surface area contributed by atoms with Gasteiger partial charge < -0.3 is 9.47 Å². The molecule has 0 fully saturated rings. The van der Waals surface area contributed by atoms with E-state index >= 15 is 0 Å². The molecule has 0 heterocycles. The lowest BCUT2D eigenvalue weighted by Crippen LogP contribution is -1.94. The Morgan fingerprint density at radius 1 is 1.33 bits per heavy atom. The van der Waals surface area contributed by atoms with Crippen LogP contribution in [0.4, 0.5) is 0 Å². The summed E-state index contributed by atoms with van der Waals surface area (Å²) in [4.78, 5) is 10.4. The van der Waals surface area contributed by atoms with Crippen LogP contribution in [0, 0.1) is 0 Å². The van der Waals surface area contributed by atoms with Crippen LogP contribution in [-0.4, -0.2) is 20.5 Å². The van der Waals surface area contributed by atoms with Gasteiger partial charge in [0.1, 0.15) is 6.29 Å². The highest BCUT2D eigenvalue weighted by atomic mass is 16.5. The molecule has 0 saturated heterocycles. The molecule has 0 saturated carbocycles. The van der Waals surface area contributed by atoms with E-state index in [1.807, 2.05) is 18.2 Å². The van der Waals surface area contributed by atoms with Gasteiger partial charge in [-0.1, -0.05) is 12.6 Å². The van der Waals surface area contributed by atoms with Crippen LogP contribution in [0.15, 0.2) is 30.4 Å². The Hall–Kier alpha value is -1.77. The standard InChI is InChI=1S/C12H14O3/c1-9(8-13)6-10-4-5-11(14-2)12(7-10)15-3/h4-5,7-8H,1,6H2,2-3H3. The highest BCUT2D eigenvalue weighted by Crippen LogP contribution is 2.28. The van der Waals surface area contributed by atoms with Gasteiger partial charge in [0.2, 0.25) is 0 Å². The summed E-state index contributed by atoms with van der Waals surface area (Å²) < 4.78 is 10.3. The summed E-state index contributed by atoms with van der Waals surface area (Å²) in [6.45, 7) is 3.63. The van der Waals surface area contributed by atoms with Crippen molar-refractivity contribution in [2.24, 2.45) is 0 Å². The summed E-state index contributed by atoms with van der Waals surface area (Å²) in [5.74, 6) is 1.34. The molecule has 80 valence electrons. The van der Waals surface area contributed by atoms with Crippen molar-refractivity contribution in [1.29, 1.82) is 0 Å². The van der Waals surface area contributed by atoms with Crippen molar-refractivity contribution in [3.63, 3.8) is 0 Å². The quantitative estimate of drug-likeness (QED) is 0.546. The third-order valence-electron chi connectivity index (χ3n) is 2.05. The molecule has 0 aromatic heterocycles. The number of methoxy groups -OCH3 is 2. The Balaban J connectivity index is 2.92. The maximum Gasteiger partial charge on any atom is 0.160 e. The van der Waals surface area contributed by atoms with Crippen LogP contribution >= 0.6 is 0 Å². The number of hydrogen-bond acceptors (Lipinski definition) is 3. The van der Waals surface area contributed by atoms with Gasteiger partial charge in [-0.15, -0.1) is 0 Å². The fourth-order valence-electron chi connectivity index (χ4n) is 1.29. The average molecular weight is 206 g/mol. The fraction of sp³-hybridized carbons (Fsp3) is 0.250. The van der Waals surface area contributed by atoms with E-state index < -0.39 is 0 Å². The van der Waals surface area contributed by atoms with E-state index in [1.165, 1.54) is 0 Å². The van der Waals surface area contributed by atoms with Gasteiger partial charge in [0.15, 0.2) is 11.5 Å². The molecule has 1 aromatic carbocycles. The number of aldehydes is 1. The number of carbonyl (C=O) groups is 1. The summed E-state index contributed by atoms with van der Waals surface area (Å²) in [5.41, 5.74) is 1.52. The van der Waals surface area contributed by atoms with Crippen molar-refractivity contribution < 1.29 is 14.3 Å². The molecule has 0 aliphatic heterocycles. The van der Waals surface area contributed by atoms with Crippen molar-refractivity contribution >= 4 is 6.29 Å². The van der Waals surface area contributed by atoms with Crippen LogP contribution in [0.25, 0.3) is 0 Å². The van der Waals surface area contributed by atoms with E-state index in [0.717, 1.165) is 11.8 Å². The van der Waals surface area contributed by atoms with Crippen LogP contribution in [-0.2, 0) is 11.2 Å². The first-order valence-electron chi connectivity index (χ1n) is 4.55. The van der Waals surface area contributed by atoms with E-state index in [1.54, 1.807) is 14.2 Å². The van der Waals surface area contributed by atoms with E-state index in [0.29, 0.717) is 23.5 Å². The molecule has 3 nitrogen and oxygen atoms in total. The molecule has 0 aliphatic carbocycles. The first-order valence-corrected chi connectivity index (χ1v) is 4.55. The normalized spacial score (nSPS) is 9.47. The number of hydrogen-bond donors (Lipinski definition) is 0. The summed E-state index contributed by atoms with van der Waals surface area (Å²) in [7, 11) is 3.16. The van der Waals surface area contributed by atoms with E-state index in [9.17, 15) is 4.79 Å². The lowest BCUT2D eigenvalue weighted by Gasteiger charge is -2.09. The Morgan fingerprint density at radius 3 is 2.53 bits per heavy atom. The minimum atomic E-state index is 0.532. The Labute approximate surface area is 89.3 Å². The third-order valence-corrected chi connectivity index (χ3v) is 2.05. The Kier molecular flexibility index (Phi) is 3.92. The predicted octanol–water partition coefficient (Wildman–Crippen LogP) is 2.00. The third kappa shape index (κ3) is 2.84. The zero-order chi connectivity index (χ0) is 11.3. The van der Waals surface area contributed by atoms with Gasteiger partial charge in [-0.2, -0.15) is 0 Å². The maximum absolute atomic E-state index is 10.4. The molecule has 0 radical (unpaired) electrons. The molecule has 0 amide bonds. The summed E-state index contributed by atoms with van der Waals surface area (Å²) >= 11 is 0. The zero-order valence-electron chi connectivity index (χ0n) is 8.95. The van der Waals surface area contributed by atoms with E-state index in [4.69, 9.17) is 9.47 Å². The highest BCUT2D eigenvalue weighted by molar-refractivity contribution is 5.73. The number of carbonyl (C=O) groups excluding carboxylic acids is 1. The van der Waals surface area contributed by atoms with Crippen molar-refractivity contribution in [1.82, 2.24) is 0 Å². The van der Waals surface area contributed by atoms with Gasteiger partial charge in [0.25, 0.3) is 0 Å². The molecule has 0 atom stereocenters. The molecule has 15 heavy (non-hydrogen) atoms. The number of ether oxygens (including phenoxy) is 2. The number of allylic oxidation sites excluding steroid dienone is 1. The summed E-state index contributed by atoms with van der Waals surface area (Å²) in [6, 6.07) is 5.54. The maximum atomic E-state index is 10.4. The molecule has 1 aromatic rings. The topological polar surface area (TPSA) is 35.5 Å². The van der Waals surface area contributed by atoms with Crippen LogP contribution in [0.2, 0.25) is 0 Å². The smallest absolute Gasteiger partial charge is 0.160 e. The van der Waals surface area contributed by atoms with Gasteiger partial charge in [-0.05, 0) is 23.3 Å². The van der Waals surface area contributed by atoms with Gasteiger partial charge in [0, 0.05) is 6.42 Å². The molecule has 1 rings (SSSR count). The van der Waals surface area contributed by atoms with Crippen LogP contribution < -0.4 is 9.47 Å². The second kappa shape index (κ2) is 5.20. The van der Waals surface area contributed by atoms with Crippen molar-refractivity contribution in [3.8, 4) is 11.5 Å². The largest absolute Gasteiger partial charge is 0.493 e. The molecule has 0 unspecified atom stereocenters. The average Bonchev–Trinajstić information content (AvgIpc) is 2.28. The molecular weight excluding hydrogens is 192 g/mol. The molecule has 0 aliphatic rings. The number of benzene rings is 1. The fourth-order valence-corrected chi connectivity index (χ4v) is 1.29. The minimum absolute atomic E-state index is 0.532. The second-order valence-corrected chi connectivity index (χ2v) is 3.14. The van der Waals surface area contributed by atoms with Gasteiger partial charge in [-0.25, -0.2) is 0 Å². The first kappa shape index (κ1) is 11.3. The van der Waals surface area contributed by atoms with Gasteiger partial charge in [0.05, 0.1) is 14.2 Å². The first-order chi connectivity index (χ1) is 7.21. The van der Waals surface area contributed by atoms with Crippen LogP contribution in [0.3, 0.4) is 0 Å². The summed E-state index contributed by atoms with van der Waals surface area (Å²) in [5, 5.41) is 0. The SMILES string of the molecule is C=C(C=O)Cc1ccc(OC)c(OC)c1. The van der Waals surface area contributed by atoms with Crippen LogP contribution in [0.1, 0.15) is 5.56 Å². The molecule has 3 heteroatoms. The van der Waals surface area contributed by atoms with E-state index in [2.05, 4.69) is 6.58 Å². The molecular formula is C12H14O3. The highest BCUT2D eigenvalue weighted by Gasteiger charge is 2.04. The van der Waals surface area contributed by atoms with Gasteiger partial charge in [-0.3, -0.25) is 4.79 Å². The van der Waals surface area contributed by atoms with Crippen molar-refractivity contribution in [3.05, 3.63) is 35.9 Å². The minimum Gasteiger partial charge on any atom is -0.493 e. The molecule has 0 N–H and O–H groups in total. The Morgan fingerprint density at radius 2 is 2.00 bits per heavy atom. The summed E-state index contributed by atoms with van der Waals surface area (Å²) in [6.07, 6.45) is 1.29. The van der Waals surface area contributed by atoms with Crippen molar-refractivity contribution in [2.45, 2.75) is 6.42 Å². The monoisotopic (exact) mass is 206 g/mol. The lowest BCUT2D eigenvalue weighted by atomic mass is 10.1. The van der Waals surface area contributed by atoms with E-state index in [-0.39, 0.29) is 0 Å². The number of rotatable bonds is 5. The molecule has 0 spiro atoms. The van der Waals surface area contributed by atoms with Gasteiger partial charge >= 0.3 is 0 Å². The molecule has 0 bridgehead atoms. The van der Waals surface area contributed by atoms with Crippen molar-refractivity contribution in [2.75, 3.05) is 14.2 Å². The van der Waals surface area contributed by atoms with Crippen LogP contribution in [0.5, 0.6) is 11.5 Å². The lowest BCUT2D eigenvalue weighted by molar-refractivity contribution is -0.104. The zero-order valence-corrected chi connectivity index (χ0v) is 8.95.